The zero-order valence-corrected chi connectivity index (χ0v) is 19.9. The predicted octanol–water partition coefficient (Wildman–Crippen LogP) is 4.07. The number of ether oxygens (including phenoxy) is 1. The van der Waals surface area contributed by atoms with Crippen LogP contribution < -0.4 is 16.4 Å². The van der Waals surface area contributed by atoms with Crippen LogP contribution in [0.3, 0.4) is 0 Å². The Labute approximate surface area is 203 Å². The van der Waals surface area contributed by atoms with Crippen molar-refractivity contribution in [2.75, 3.05) is 42.7 Å². The van der Waals surface area contributed by atoms with Crippen molar-refractivity contribution in [1.29, 1.82) is 0 Å². The lowest BCUT2D eigenvalue weighted by atomic mass is 10.1. The normalized spacial score (nSPS) is 14.2. The highest BCUT2D eigenvalue weighted by Gasteiger charge is 2.18. The number of nitrogens with two attached hydrogens (primary N) is 1. The molecular weight excluding hydrogens is 442 g/mol. The fourth-order valence-corrected chi connectivity index (χ4v) is 4.53. The van der Waals surface area contributed by atoms with Crippen molar-refractivity contribution >= 4 is 28.7 Å². The van der Waals surface area contributed by atoms with Crippen LogP contribution in [0.4, 0.5) is 22.0 Å². The first kappa shape index (κ1) is 22.8. The predicted molar refractivity (Wildman–Crippen MR) is 137 cm³/mol. The van der Waals surface area contributed by atoms with Crippen molar-refractivity contribution in [3.05, 3.63) is 71.7 Å². The summed E-state index contributed by atoms with van der Waals surface area (Å²) in [5.74, 6) is 0.429. The summed E-state index contributed by atoms with van der Waals surface area (Å²) in [5, 5.41) is 10.3. The van der Waals surface area contributed by atoms with E-state index in [-0.39, 0.29) is 6.03 Å². The molecule has 1 aliphatic heterocycles. The maximum atomic E-state index is 12.5. The second kappa shape index (κ2) is 9.73. The van der Waals surface area contributed by atoms with Gasteiger partial charge in [-0.05, 0) is 60.9 Å². The maximum absolute atomic E-state index is 12.5. The minimum Gasteiger partial charge on any atom is -0.382 e. The molecule has 4 aromatic rings. The summed E-state index contributed by atoms with van der Waals surface area (Å²) >= 11 is 0. The molecule has 2 amide bonds. The van der Waals surface area contributed by atoms with E-state index in [1.807, 2.05) is 54.8 Å². The zero-order valence-electron chi connectivity index (χ0n) is 19.9. The molecule has 5 rings (SSSR count). The summed E-state index contributed by atoms with van der Waals surface area (Å²) in [6.07, 6.45) is 1.48. The first-order chi connectivity index (χ1) is 17.0. The molecule has 35 heavy (non-hydrogen) atoms. The van der Waals surface area contributed by atoms with Gasteiger partial charge in [-0.3, -0.25) is 4.90 Å². The number of morpholine rings is 1. The van der Waals surface area contributed by atoms with Crippen molar-refractivity contribution in [3.8, 4) is 11.1 Å². The van der Waals surface area contributed by atoms with Gasteiger partial charge in [0, 0.05) is 36.6 Å². The summed E-state index contributed by atoms with van der Waals surface area (Å²) in [7, 11) is 0. The monoisotopic (exact) mass is 471 g/mol. The third-order valence-electron chi connectivity index (χ3n) is 6.08. The number of aromatic nitrogens is 3. The van der Waals surface area contributed by atoms with Crippen LogP contribution in [0.1, 0.15) is 16.8 Å². The third kappa shape index (κ3) is 5.11. The largest absolute Gasteiger partial charge is 0.382 e. The van der Waals surface area contributed by atoms with Crippen molar-refractivity contribution in [3.63, 3.8) is 0 Å². The van der Waals surface area contributed by atoms with Crippen LogP contribution in [0, 0.1) is 13.8 Å². The van der Waals surface area contributed by atoms with E-state index in [1.54, 1.807) is 0 Å². The van der Waals surface area contributed by atoms with E-state index in [4.69, 9.17) is 10.5 Å². The van der Waals surface area contributed by atoms with Gasteiger partial charge in [0.15, 0.2) is 5.82 Å². The number of nitrogen functional groups attached to an aromatic ring is 1. The fourth-order valence-electron chi connectivity index (χ4n) is 4.53. The van der Waals surface area contributed by atoms with Gasteiger partial charge in [0.05, 0.1) is 18.9 Å². The molecule has 4 N–H and O–H groups in total. The van der Waals surface area contributed by atoms with Crippen molar-refractivity contribution in [2.45, 2.75) is 20.4 Å². The number of fused-ring (bicyclic) bond motifs is 1. The summed E-state index contributed by atoms with van der Waals surface area (Å²) in [5.41, 5.74) is 13.7. The minimum atomic E-state index is -0.289. The average molecular weight is 472 g/mol. The van der Waals surface area contributed by atoms with Crippen molar-refractivity contribution in [1.82, 2.24) is 19.5 Å². The topological polar surface area (TPSA) is 110 Å². The molecule has 0 bridgehead atoms. The second-order valence-corrected chi connectivity index (χ2v) is 8.88. The lowest BCUT2D eigenvalue weighted by molar-refractivity contribution is 0.0334. The van der Waals surface area contributed by atoms with Crippen LogP contribution in [0.5, 0.6) is 0 Å². The molecule has 1 fully saturated rings. The van der Waals surface area contributed by atoms with E-state index >= 15 is 0 Å². The molecule has 1 aliphatic rings. The van der Waals surface area contributed by atoms with Gasteiger partial charge in [0.25, 0.3) is 0 Å². The summed E-state index contributed by atoms with van der Waals surface area (Å²) < 4.78 is 7.34. The molecule has 2 aromatic carbocycles. The van der Waals surface area contributed by atoms with E-state index in [1.165, 1.54) is 6.33 Å². The molecule has 0 spiro atoms. The SMILES string of the molecule is Cc1cc(C)cc(NC(=O)Nc2ccc(-c3cc(CN4CCOCC4)n4ncnc(N)c34)cc2)c1. The first-order valence-electron chi connectivity index (χ1n) is 11.6. The van der Waals surface area contributed by atoms with Gasteiger partial charge < -0.3 is 21.1 Å². The number of benzene rings is 2. The van der Waals surface area contributed by atoms with E-state index < -0.39 is 0 Å². The Morgan fingerprint density at radius 2 is 1.69 bits per heavy atom. The van der Waals surface area contributed by atoms with Gasteiger partial charge in [0.1, 0.15) is 11.8 Å². The lowest BCUT2D eigenvalue weighted by Crippen LogP contribution is -2.36. The van der Waals surface area contributed by atoms with E-state index in [0.717, 1.165) is 72.0 Å². The zero-order chi connectivity index (χ0) is 24.4. The summed E-state index contributed by atoms with van der Waals surface area (Å²) in [6, 6.07) is 15.5. The van der Waals surface area contributed by atoms with E-state index in [9.17, 15) is 4.79 Å². The Morgan fingerprint density at radius 1 is 1.00 bits per heavy atom. The standard InChI is InChI=1S/C26H29N7O2/c1-17-11-18(2)13-21(12-17)31-26(34)30-20-5-3-19(4-6-20)23-14-22(15-32-7-9-35-10-8-32)33-24(23)25(27)28-16-29-33/h3-6,11-14,16H,7-10,15H2,1-2H3,(H2,27,28,29)(H2,30,31,34). The van der Waals surface area contributed by atoms with Gasteiger partial charge >= 0.3 is 6.03 Å². The molecule has 2 aromatic heterocycles. The molecule has 0 unspecified atom stereocenters. The molecule has 0 aliphatic carbocycles. The number of urea groups is 1. The van der Waals surface area contributed by atoms with Gasteiger partial charge in [-0.15, -0.1) is 0 Å². The minimum absolute atomic E-state index is 0.289. The Kier molecular flexibility index (Phi) is 6.35. The molecule has 3 heterocycles. The number of hydrogen-bond acceptors (Lipinski definition) is 6. The quantitative estimate of drug-likeness (QED) is 0.405. The smallest absolute Gasteiger partial charge is 0.323 e. The van der Waals surface area contributed by atoms with Gasteiger partial charge in [-0.1, -0.05) is 18.2 Å². The molecule has 0 saturated carbocycles. The van der Waals surface area contributed by atoms with E-state index in [2.05, 4.69) is 37.7 Å². The highest BCUT2D eigenvalue weighted by atomic mass is 16.5. The first-order valence-corrected chi connectivity index (χ1v) is 11.6. The molecule has 180 valence electrons. The van der Waals surface area contributed by atoms with Crippen molar-refractivity contribution < 1.29 is 9.53 Å². The van der Waals surface area contributed by atoms with Crippen LogP contribution in [0.15, 0.2) is 54.9 Å². The number of nitrogens with zero attached hydrogens (tertiary/aromatic N) is 4. The number of carbonyl (C=O) groups is 1. The summed E-state index contributed by atoms with van der Waals surface area (Å²) in [6.45, 7) is 7.99. The number of anilines is 3. The van der Waals surface area contributed by atoms with Gasteiger partial charge in [-0.2, -0.15) is 5.10 Å². The van der Waals surface area contributed by atoms with E-state index in [0.29, 0.717) is 11.5 Å². The van der Waals surface area contributed by atoms with Crippen LogP contribution in [0.25, 0.3) is 16.6 Å². The number of carbonyl (C=O) groups excluding carboxylic acids is 1. The third-order valence-corrected chi connectivity index (χ3v) is 6.08. The van der Waals surface area contributed by atoms with Crippen LogP contribution in [-0.4, -0.2) is 51.8 Å². The van der Waals surface area contributed by atoms with Crippen LogP contribution >= 0.6 is 0 Å². The Morgan fingerprint density at radius 3 is 2.40 bits per heavy atom. The van der Waals surface area contributed by atoms with Crippen LogP contribution in [-0.2, 0) is 11.3 Å². The molecular formula is C26H29N7O2. The van der Waals surface area contributed by atoms with Crippen molar-refractivity contribution in [2.24, 2.45) is 0 Å². The van der Waals surface area contributed by atoms with Crippen LogP contribution in [0.2, 0.25) is 0 Å². The molecule has 0 atom stereocenters. The fraction of sp³-hybridized carbons (Fsp3) is 0.269. The lowest BCUT2D eigenvalue weighted by Gasteiger charge is -2.26. The Bertz CT molecular complexity index is 1340. The Balaban J connectivity index is 1.36. The second-order valence-electron chi connectivity index (χ2n) is 8.88. The molecule has 9 nitrogen and oxygen atoms in total. The molecule has 1 saturated heterocycles. The highest BCUT2D eigenvalue weighted by molar-refractivity contribution is 6.00. The average Bonchev–Trinajstić information content (AvgIpc) is 3.19. The number of rotatable bonds is 5. The number of amides is 2. The maximum Gasteiger partial charge on any atom is 0.323 e. The number of aryl methyl sites for hydroxylation is 2. The van der Waals surface area contributed by atoms with Gasteiger partial charge in [0.2, 0.25) is 0 Å². The molecule has 0 radical (unpaired) electrons. The number of hydrogen-bond donors (Lipinski definition) is 3. The Hall–Kier alpha value is -3.95. The highest BCUT2D eigenvalue weighted by Crippen LogP contribution is 2.31. The summed E-state index contributed by atoms with van der Waals surface area (Å²) in [4.78, 5) is 19.1. The van der Waals surface area contributed by atoms with Gasteiger partial charge in [-0.25, -0.2) is 14.3 Å². The number of nitrogens with one attached hydrogen (secondary N) is 2. The molecule has 9 heteroatoms.